The number of hydroxylamine groups is 2. The molecule has 1 aromatic heterocycles. The Balaban J connectivity index is 1.80. The summed E-state index contributed by atoms with van der Waals surface area (Å²) in [5.41, 5.74) is 0. The van der Waals surface area contributed by atoms with Crippen molar-refractivity contribution in [2.24, 2.45) is 0 Å². The molecule has 3 heterocycles. The minimum absolute atomic E-state index is 0.0159. The molecule has 0 aliphatic carbocycles. The van der Waals surface area contributed by atoms with E-state index in [1.165, 1.54) is 6.26 Å². The number of aromatic nitrogens is 2. The summed E-state index contributed by atoms with van der Waals surface area (Å²) in [5.74, 6) is -0.545. The van der Waals surface area contributed by atoms with Crippen molar-refractivity contribution in [2.45, 2.75) is 29.5 Å². The van der Waals surface area contributed by atoms with Gasteiger partial charge >= 0.3 is 15.4 Å². The van der Waals surface area contributed by atoms with E-state index in [2.05, 4.69) is 10.2 Å². The number of hydrogen-bond acceptors (Lipinski definition) is 9. The highest BCUT2D eigenvalue weighted by Gasteiger charge is 2.47. The molecule has 2 aliphatic rings. The van der Waals surface area contributed by atoms with E-state index in [9.17, 15) is 14.6 Å². The van der Waals surface area contributed by atoms with E-state index in [0.717, 1.165) is 17.8 Å². The number of carbonyl (C=O) groups excluding carboxylic acids is 1. The van der Waals surface area contributed by atoms with Crippen molar-refractivity contribution in [2.75, 3.05) is 32.1 Å². The molecule has 0 bridgehead atoms. The van der Waals surface area contributed by atoms with Crippen molar-refractivity contribution in [3.05, 3.63) is 5.21 Å². The van der Waals surface area contributed by atoms with E-state index < -0.39 is 34.1 Å². The Morgan fingerprint density at radius 2 is 2.42 bits per heavy atom. The Kier molecular flexibility index (Phi) is 5.62. The van der Waals surface area contributed by atoms with E-state index in [-0.39, 0.29) is 28.7 Å². The molecule has 1 aromatic rings. The summed E-state index contributed by atoms with van der Waals surface area (Å²) < 4.78 is 21.5. The summed E-state index contributed by atoms with van der Waals surface area (Å²) in [7, 11) is 0. The first kappa shape index (κ1) is 18.3. The Labute approximate surface area is 150 Å². The quantitative estimate of drug-likeness (QED) is 0.178. The molecule has 0 aromatic carbocycles. The van der Waals surface area contributed by atoms with Gasteiger partial charge in [-0.05, 0) is 12.8 Å². The third kappa shape index (κ3) is 3.53. The number of nitrogens with zero attached hydrogens (tertiary/aromatic N) is 4. The molecule has 2 aliphatic heterocycles. The Morgan fingerprint density at radius 3 is 3.00 bits per heavy atom. The lowest BCUT2D eigenvalue weighted by Crippen LogP contribution is -2.51. The fourth-order valence-electron chi connectivity index (χ4n) is 2.64. The molecular formula is C12H17ClN4O5S2. The second-order valence-electron chi connectivity index (χ2n) is 5.61. The maximum absolute atomic E-state index is 13.3. The predicted octanol–water partition coefficient (Wildman–Crippen LogP) is 0.598. The highest BCUT2D eigenvalue weighted by atomic mass is 35.5. The van der Waals surface area contributed by atoms with Gasteiger partial charge in [0.15, 0.2) is 6.10 Å². The summed E-state index contributed by atoms with van der Waals surface area (Å²) in [5, 5.41) is 21.1. The Hall–Kier alpha value is -0.530. The maximum Gasteiger partial charge on any atom is 0.339 e. The van der Waals surface area contributed by atoms with Crippen molar-refractivity contribution >= 4 is 45.2 Å². The number of ether oxygens (including phenoxy) is 2. The van der Waals surface area contributed by atoms with Gasteiger partial charge in [-0.3, -0.25) is 4.65 Å². The van der Waals surface area contributed by atoms with Gasteiger partial charge in [0.05, 0.1) is 12.5 Å². The second kappa shape index (κ2) is 7.38. The molecule has 12 heteroatoms. The number of carbonyl (C=O) groups is 1. The Morgan fingerprint density at radius 1 is 1.62 bits per heavy atom. The zero-order valence-corrected chi connectivity index (χ0v) is 15.3. The molecule has 0 spiro atoms. The van der Waals surface area contributed by atoms with Crippen molar-refractivity contribution in [1.82, 2.24) is 19.7 Å². The summed E-state index contributed by atoms with van der Waals surface area (Å²) in [6.07, 6.45) is 1.20. The molecule has 24 heavy (non-hydrogen) atoms. The molecule has 2 fully saturated rings. The lowest BCUT2D eigenvalue weighted by atomic mass is 10.2. The molecule has 3 rings (SSSR count). The van der Waals surface area contributed by atoms with Crippen molar-refractivity contribution < 1.29 is 18.8 Å². The van der Waals surface area contributed by atoms with Crippen LogP contribution < -0.4 is 4.65 Å². The van der Waals surface area contributed by atoms with Crippen LogP contribution in [0.25, 0.3) is 0 Å². The molecule has 134 valence electrons. The lowest BCUT2D eigenvalue weighted by Gasteiger charge is -2.38. The van der Waals surface area contributed by atoms with Gasteiger partial charge in [-0.1, -0.05) is 10.2 Å². The van der Waals surface area contributed by atoms with Crippen molar-refractivity contribution in [3.63, 3.8) is 0 Å². The lowest BCUT2D eigenvalue weighted by molar-refractivity contribution is -0.164. The zero-order chi connectivity index (χ0) is 17.3. The molecule has 0 N–H and O–H groups in total. The van der Waals surface area contributed by atoms with E-state index in [1.54, 1.807) is 4.90 Å². The van der Waals surface area contributed by atoms with E-state index >= 15 is 0 Å². The fraction of sp³-hybridized carbons (Fsp3) is 0.750. The van der Waals surface area contributed by atoms with Gasteiger partial charge in [-0.25, -0.2) is 9.69 Å². The largest absolute Gasteiger partial charge is 0.622 e. The smallest absolute Gasteiger partial charge is 0.339 e. The molecule has 0 amide bonds. The minimum atomic E-state index is -1.33. The third-order valence-corrected chi connectivity index (χ3v) is 6.56. The average molecular weight is 397 g/mol. The van der Waals surface area contributed by atoms with Crippen LogP contribution in [0.2, 0.25) is 0 Å². The molecule has 4 unspecified atom stereocenters. The second-order valence-corrected chi connectivity index (χ2v) is 8.36. The molecule has 0 radical (unpaired) electrons. The first-order valence-electron chi connectivity index (χ1n) is 7.30. The topological polar surface area (TPSA) is 111 Å². The van der Waals surface area contributed by atoms with Gasteiger partial charge in [0.1, 0.15) is 12.9 Å². The average Bonchev–Trinajstić information content (AvgIpc) is 3.28. The number of esters is 1. The number of halogens is 1. The predicted molar refractivity (Wildman–Crippen MR) is 88.5 cm³/mol. The molecule has 2 saturated heterocycles. The van der Waals surface area contributed by atoms with Gasteiger partial charge in [0, 0.05) is 29.1 Å². The number of alkyl halides is 1. The molecule has 9 nitrogen and oxygen atoms in total. The van der Waals surface area contributed by atoms with Gasteiger partial charge in [-0.2, -0.15) is 0 Å². The molecule has 4 atom stereocenters. The monoisotopic (exact) mass is 396 g/mol. The van der Waals surface area contributed by atoms with Crippen LogP contribution in [-0.4, -0.2) is 70.0 Å². The van der Waals surface area contributed by atoms with Crippen LogP contribution in [0, 0.1) is 5.21 Å². The van der Waals surface area contributed by atoms with Gasteiger partial charge in [0.25, 0.3) is 6.23 Å². The van der Waals surface area contributed by atoms with Crippen molar-refractivity contribution in [1.29, 1.82) is 0 Å². The highest BCUT2D eigenvalue weighted by molar-refractivity contribution is 7.92. The van der Waals surface area contributed by atoms with Crippen LogP contribution in [-0.2, 0) is 25.4 Å². The normalized spacial score (nSPS) is 32.2. The summed E-state index contributed by atoms with van der Waals surface area (Å²) in [4.78, 5) is 13.9. The standard InChI is InChI=1S/C12H17ClN4O5S2/c1-24(20)12-15-14-11(23-12)17(19)7-16(6-13)5-9(17)22-10(18)8-3-2-4-21-8/h8-9H,2-7H2,1H3. The number of quaternary nitrogens is 1. The summed E-state index contributed by atoms with van der Waals surface area (Å²) >= 11 is 5.46. The fourth-order valence-corrected chi connectivity index (χ4v) is 4.31. The van der Waals surface area contributed by atoms with Crippen LogP contribution in [0.4, 0.5) is 5.13 Å². The van der Waals surface area contributed by atoms with Crippen molar-refractivity contribution in [3.8, 4) is 0 Å². The van der Waals surface area contributed by atoms with E-state index in [0.29, 0.717) is 13.0 Å². The van der Waals surface area contributed by atoms with Crippen LogP contribution in [0.15, 0.2) is 4.34 Å². The number of hydrogen-bond donors (Lipinski definition) is 0. The van der Waals surface area contributed by atoms with Crippen LogP contribution in [0.5, 0.6) is 0 Å². The zero-order valence-electron chi connectivity index (χ0n) is 12.9. The van der Waals surface area contributed by atoms with Gasteiger partial charge in [-0.15, -0.1) is 11.6 Å². The molecular weight excluding hydrogens is 380 g/mol. The summed E-state index contributed by atoms with van der Waals surface area (Å²) in [6, 6.07) is 0.127. The number of rotatable bonds is 5. The van der Waals surface area contributed by atoms with Crippen LogP contribution >= 0.6 is 22.9 Å². The first-order valence-corrected chi connectivity index (χ1v) is 10.2. The van der Waals surface area contributed by atoms with E-state index in [4.69, 9.17) is 21.1 Å². The summed E-state index contributed by atoms with van der Waals surface area (Å²) in [6.45, 7) is 0.686. The molecule has 0 saturated carbocycles. The SMILES string of the molecule is C[S+]([O-])c1nnc([N+]2([O-])CN(CCl)CC2OC(=O)C2CCCO2)s1. The van der Waals surface area contributed by atoms with Gasteiger partial charge in [0.2, 0.25) is 0 Å². The van der Waals surface area contributed by atoms with Crippen LogP contribution in [0.3, 0.4) is 0 Å². The minimum Gasteiger partial charge on any atom is -0.622 e. The highest BCUT2D eigenvalue weighted by Crippen LogP contribution is 2.35. The van der Waals surface area contributed by atoms with Gasteiger partial charge < -0.3 is 19.2 Å². The Bertz CT molecular complexity index is 600. The first-order chi connectivity index (χ1) is 11.4. The third-order valence-electron chi connectivity index (χ3n) is 3.87. The van der Waals surface area contributed by atoms with Crippen LogP contribution in [0.1, 0.15) is 12.8 Å². The van der Waals surface area contributed by atoms with E-state index in [1.807, 2.05) is 0 Å². The maximum atomic E-state index is 13.3.